The molecular formula is C16H16N4O3S. The number of amides is 2. The molecule has 0 saturated carbocycles. The summed E-state index contributed by atoms with van der Waals surface area (Å²) in [5.41, 5.74) is 0. The van der Waals surface area contributed by atoms with Crippen LogP contribution < -0.4 is 10.6 Å². The van der Waals surface area contributed by atoms with Crippen molar-refractivity contribution in [3.05, 3.63) is 65.0 Å². The summed E-state index contributed by atoms with van der Waals surface area (Å²) in [7, 11) is 0. The molecule has 0 aliphatic carbocycles. The minimum absolute atomic E-state index is 0.195. The van der Waals surface area contributed by atoms with E-state index >= 15 is 0 Å². The third kappa shape index (κ3) is 3.90. The van der Waals surface area contributed by atoms with Gasteiger partial charge in [-0.3, -0.25) is 14.3 Å². The van der Waals surface area contributed by atoms with Gasteiger partial charge < -0.3 is 15.1 Å². The molecule has 0 aliphatic heterocycles. The van der Waals surface area contributed by atoms with Crippen molar-refractivity contribution in [1.29, 1.82) is 0 Å². The molecule has 8 heteroatoms. The Morgan fingerprint density at radius 1 is 1.21 bits per heavy atom. The van der Waals surface area contributed by atoms with E-state index in [0.717, 1.165) is 4.88 Å². The molecule has 1 atom stereocenters. The first-order valence-electron chi connectivity index (χ1n) is 7.35. The van der Waals surface area contributed by atoms with Crippen LogP contribution in [0.25, 0.3) is 0 Å². The zero-order valence-electron chi connectivity index (χ0n) is 12.7. The quantitative estimate of drug-likeness (QED) is 0.664. The second-order valence-corrected chi connectivity index (χ2v) is 6.02. The van der Waals surface area contributed by atoms with Gasteiger partial charge in [0.2, 0.25) is 0 Å². The average molecular weight is 344 g/mol. The van der Waals surface area contributed by atoms with E-state index in [2.05, 4.69) is 15.7 Å². The highest BCUT2D eigenvalue weighted by Crippen LogP contribution is 2.17. The highest BCUT2D eigenvalue weighted by Gasteiger charge is 2.20. The smallest absolute Gasteiger partial charge is 0.309 e. The van der Waals surface area contributed by atoms with Gasteiger partial charge in [0, 0.05) is 23.8 Å². The van der Waals surface area contributed by atoms with Crippen molar-refractivity contribution in [2.75, 3.05) is 6.54 Å². The summed E-state index contributed by atoms with van der Waals surface area (Å²) in [6, 6.07) is 8.82. The summed E-state index contributed by atoms with van der Waals surface area (Å²) in [4.78, 5) is 24.8. The molecule has 0 unspecified atom stereocenters. The van der Waals surface area contributed by atoms with E-state index in [1.54, 1.807) is 41.5 Å². The lowest BCUT2D eigenvalue weighted by Gasteiger charge is -2.16. The third-order valence-corrected chi connectivity index (χ3v) is 4.26. The lowest BCUT2D eigenvalue weighted by molar-refractivity contribution is -0.139. The van der Waals surface area contributed by atoms with E-state index in [4.69, 9.17) is 4.42 Å². The number of aromatic nitrogens is 2. The van der Waals surface area contributed by atoms with Crippen molar-refractivity contribution >= 4 is 23.2 Å². The lowest BCUT2D eigenvalue weighted by Crippen LogP contribution is -2.41. The molecular weight excluding hydrogens is 328 g/mol. The van der Waals surface area contributed by atoms with Crippen LogP contribution in [0.1, 0.15) is 16.7 Å². The number of nitrogens with one attached hydrogen (secondary N) is 2. The maximum Gasteiger partial charge on any atom is 0.309 e. The topological polar surface area (TPSA) is 89.2 Å². The first-order chi connectivity index (χ1) is 11.7. The molecule has 0 aromatic carbocycles. The fourth-order valence-electron chi connectivity index (χ4n) is 2.20. The summed E-state index contributed by atoms with van der Waals surface area (Å²) in [5, 5.41) is 11.3. The molecule has 2 N–H and O–H groups in total. The summed E-state index contributed by atoms with van der Waals surface area (Å²) in [6.45, 7) is 0.533. The van der Waals surface area contributed by atoms with Crippen molar-refractivity contribution in [1.82, 2.24) is 20.4 Å². The van der Waals surface area contributed by atoms with Gasteiger partial charge in [0.05, 0.1) is 12.8 Å². The number of nitrogens with zero attached hydrogens (tertiary/aromatic N) is 2. The van der Waals surface area contributed by atoms with Crippen molar-refractivity contribution < 1.29 is 14.0 Å². The van der Waals surface area contributed by atoms with E-state index in [0.29, 0.717) is 12.3 Å². The highest BCUT2D eigenvalue weighted by molar-refractivity contribution is 7.09. The zero-order chi connectivity index (χ0) is 16.8. The third-order valence-electron chi connectivity index (χ3n) is 3.38. The van der Waals surface area contributed by atoms with Gasteiger partial charge in [-0.15, -0.1) is 11.3 Å². The van der Waals surface area contributed by atoms with Crippen LogP contribution in [0.5, 0.6) is 0 Å². The number of hydrogen-bond donors (Lipinski definition) is 2. The van der Waals surface area contributed by atoms with Gasteiger partial charge in [-0.25, -0.2) is 0 Å². The van der Waals surface area contributed by atoms with Gasteiger partial charge in [-0.2, -0.15) is 5.10 Å². The minimum atomic E-state index is -0.685. The molecule has 0 spiro atoms. The Labute approximate surface area is 142 Å². The molecule has 3 heterocycles. The minimum Gasteiger partial charge on any atom is -0.467 e. The van der Waals surface area contributed by atoms with E-state index in [1.807, 2.05) is 17.5 Å². The maximum atomic E-state index is 12.0. The fourth-order valence-corrected chi connectivity index (χ4v) is 2.85. The molecule has 0 fully saturated rings. The van der Waals surface area contributed by atoms with Crippen molar-refractivity contribution in [2.24, 2.45) is 0 Å². The summed E-state index contributed by atoms with van der Waals surface area (Å²) >= 11 is 1.52. The highest BCUT2D eigenvalue weighted by atomic mass is 32.1. The van der Waals surface area contributed by atoms with Gasteiger partial charge in [0.15, 0.2) is 0 Å². The van der Waals surface area contributed by atoms with Crippen LogP contribution in [-0.2, 0) is 16.1 Å². The van der Waals surface area contributed by atoms with Crippen LogP contribution in [0.15, 0.2) is 58.8 Å². The van der Waals surface area contributed by atoms with Gasteiger partial charge in [-0.1, -0.05) is 6.07 Å². The monoisotopic (exact) mass is 344 g/mol. The first-order valence-corrected chi connectivity index (χ1v) is 8.23. The van der Waals surface area contributed by atoms with Gasteiger partial charge in [0.1, 0.15) is 11.8 Å². The predicted octanol–water partition coefficient (Wildman–Crippen LogP) is 1.56. The molecule has 0 aliphatic rings. The average Bonchev–Trinajstić information content (AvgIpc) is 3.35. The molecule has 3 aromatic heterocycles. The van der Waals surface area contributed by atoms with Gasteiger partial charge in [-0.05, 0) is 29.6 Å². The number of thiophene rings is 1. The number of carbonyl (C=O) groups excluding carboxylic acids is 2. The van der Waals surface area contributed by atoms with E-state index < -0.39 is 11.8 Å². The summed E-state index contributed by atoms with van der Waals surface area (Å²) in [6.07, 6.45) is 4.98. The summed E-state index contributed by atoms with van der Waals surface area (Å²) in [5.74, 6) is -0.699. The Morgan fingerprint density at radius 2 is 2.08 bits per heavy atom. The van der Waals surface area contributed by atoms with Crippen LogP contribution >= 0.6 is 11.3 Å². The van der Waals surface area contributed by atoms with Crippen molar-refractivity contribution in [3.8, 4) is 0 Å². The lowest BCUT2D eigenvalue weighted by atomic mass is 10.2. The van der Waals surface area contributed by atoms with Crippen LogP contribution in [0.3, 0.4) is 0 Å². The number of rotatable bonds is 6. The van der Waals surface area contributed by atoms with Gasteiger partial charge >= 0.3 is 11.8 Å². The number of furan rings is 1. The predicted molar refractivity (Wildman–Crippen MR) is 88.2 cm³/mol. The molecule has 7 nitrogen and oxygen atoms in total. The van der Waals surface area contributed by atoms with Crippen LogP contribution in [-0.4, -0.2) is 28.1 Å². The van der Waals surface area contributed by atoms with Gasteiger partial charge in [0.25, 0.3) is 0 Å². The molecule has 2 amide bonds. The van der Waals surface area contributed by atoms with Crippen LogP contribution in [0, 0.1) is 0 Å². The van der Waals surface area contributed by atoms with E-state index in [-0.39, 0.29) is 12.6 Å². The second-order valence-electron chi connectivity index (χ2n) is 4.99. The largest absolute Gasteiger partial charge is 0.467 e. The Kier molecular flexibility index (Phi) is 5.07. The Morgan fingerprint density at radius 3 is 2.75 bits per heavy atom. The maximum absolute atomic E-state index is 12.0. The molecule has 3 aromatic rings. The fraction of sp³-hybridized carbons (Fsp3) is 0.188. The Bertz CT molecular complexity index is 732. The molecule has 124 valence electrons. The molecule has 0 radical (unpaired) electrons. The molecule has 0 saturated heterocycles. The second kappa shape index (κ2) is 7.60. The molecule has 3 rings (SSSR count). The standard InChI is InChI=1S/C16H16N4O3S/c21-15(17-10-12-4-2-9-24-12)16(22)18-11-13(14-5-1-8-23-14)20-7-3-6-19-20/h1-9,13H,10-11H2,(H,17,21)(H,18,22)/t13-/m0/s1. The van der Waals surface area contributed by atoms with Crippen molar-refractivity contribution in [2.45, 2.75) is 12.6 Å². The van der Waals surface area contributed by atoms with Crippen molar-refractivity contribution in [3.63, 3.8) is 0 Å². The Balaban J connectivity index is 1.56. The van der Waals surface area contributed by atoms with Crippen LogP contribution in [0.2, 0.25) is 0 Å². The first kappa shape index (κ1) is 16.0. The van der Waals surface area contributed by atoms with Crippen LogP contribution in [0.4, 0.5) is 0 Å². The SMILES string of the molecule is O=C(NCc1cccs1)C(=O)NC[C@@H](c1ccco1)n1cccn1. The molecule has 24 heavy (non-hydrogen) atoms. The van der Waals surface area contributed by atoms with E-state index in [1.165, 1.54) is 11.3 Å². The summed E-state index contributed by atoms with van der Waals surface area (Å²) < 4.78 is 7.07. The zero-order valence-corrected chi connectivity index (χ0v) is 13.5. The number of carbonyl (C=O) groups is 2. The van der Waals surface area contributed by atoms with E-state index in [9.17, 15) is 9.59 Å². The number of hydrogen-bond acceptors (Lipinski definition) is 5. The molecule has 0 bridgehead atoms. The normalized spacial score (nSPS) is 11.8. The Hall–Kier alpha value is -2.87.